The van der Waals surface area contributed by atoms with Gasteiger partial charge in [-0.15, -0.1) is 11.3 Å². The van der Waals surface area contributed by atoms with Crippen LogP contribution in [0.1, 0.15) is 24.6 Å². The van der Waals surface area contributed by atoms with Crippen LogP contribution in [0.4, 0.5) is 0 Å². The van der Waals surface area contributed by atoms with Crippen molar-refractivity contribution in [3.63, 3.8) is 0 Å². The third kappa shape index (κ3) is 2.29. The van der Waals surface area contributed by atoms with Crippen LogP contribution >= 0.6 is 11.3 Å². The van der Waals surface area contributed by atoms with Gasteiger partial charge in [0.05, 0.1) is 4.90 Å². The molecule has 0 spiro atoms. The maximum Gasteiger partial charge on any atom is 0.241 e. The lowest BCUT2D eigenvalue weighted by Gasteiger charge is -2.06. The standard InChI is InChI=1S/C10H16N2O2S2/c1-2-7-5-8(7)12-16(13,14)10-3-4-15-9(10)6-11/h3-4,7-8,12H,2,5-6,11H2,1H3. The monoisotopic (exact) mass is 260 g/mol. The van der Waals surface area contributed by atoms with E-state index in [-0.39, 0.29) is 12.6 Å². The highest BCUT2D eigenvalue weighted by Gasteiger charge is 2.39. The maximum absolute atomic E-state index is 12.0. The second-order valence-corrected chi connectivity index (χ2v) is 6.73. The summed E-state index contributed by atoms with van der Waals surface area (Å²) in [6, 6.07) is 1.75. The van der Waals surface area contributed by atoms with Crippen molar-refractivity contribution in [3.05, 3.63) is 16.3 Å². The van der Waals surface area contributed by atoms with Crippen molar-refractivity contribution in [2.24, 2.45) is 11.7 Å². The SMILES string of the molecule is CCC1CC1NS(=O)(=O)c1ccsc1CN. The second-order valence-electron chi connectivity index (χ2n) is 4.04. The molecule has 1 fully saturated rings. The Kier molecular flexibility index (Phi) is 3.34. The van der Waals surface area contributed by atoms with Crippen molar-refractivity contribution in [2.75, 3.05) is 0 Å². The first kappa shape index (κ1) is 12.0. The molecule has 0 aliphatic heterocycles. The Bertz CT molecular complexity index is 467. The van der Waals surface area contributed by atoms with Gasteiger partial charge >= 0.3 is 0 Å². The topological polar surface area (TPSA) is 72.2 Å². The molecule has 2 atom stereocenters. The molecule has 1 aromatic rings. The molecule has 1 aliphatic carbocycles. The molecule has 90 valence electrons. The first-order valence-electron chi connectivity index (χ1n) is 5.37. The molecule has 0 radical (unpaired) electrons. The van der Waals surface area contributed by atoms with E-state index in [0.29, 0.717) is 10.8 Å². The van der Waals surface area contributed by atoms with Crippen LogP contribution in [0, 0.1) is 5.92 Å². The summed E-state index contributed by atoms with van der Waals surface area (Å²) >= 11 is 1.39. The van der Waals surface area contributed by atoms with E-state index in [0.717, 1.165) is 17.7 Å². The van der Waals surface area contributed by atoms with Crippen molar-refractivity contribution < 1.29 is 8.42 Å². The van der Waals surface area contributed by atoms with Gasteiger partial charge in [-0.3, -0.25) is 0 Å². The van der Waals surface area contributed by atoms with Gasteiger partial charge in [0.2, 0.25) is 10.0 Å². The van der Waals surface area contributed by atoms with Crippen LogP contribution in [0.5, 0.6) is 0 Å². The summed E-state index contributed by atoms with van der Waals surface area (Å²) in [5.74, 6) is 0.509. The molecule has 6 heteroatoms. The fraction of sp³-hybridized carbons (Fsp3) is 0.600. The predicted octanol–water partition coefficient (Wildman–Crippen LogP) is 1.28. The molecule has 2 unspecified atom stereocenters. The molecular formula is C10H16N2O2S2. The fourth-order valence-electron chi connectivity index (χ4n) is 1.82. The highest BCUT2D eigenvalue weighted by molar-refractivity contribution is 7.89. The molecule has 1 aliphatic rings. The van der Waals surface area contributed by atoms with E-state index < -0.39 is 10.0 Å². The average molecular weight is 260 g/mol. The molecule has 1 aromatic heterocycles. The first-order valence-corrected chi connectivity index (χ1v) is 7.73. The number of hydrogen-bond acceptors (Lipinski definition) is 4. The van der Waals surface area contributed by atoms with Crippen LogP contribution in [0.2, 0.25) is 0 Å². The van der Waals surface area contributed by atoms with Crippen molar-refractivity contribution in [3.8, 4) is 0 Å². The van der Waals surface area contributed by atoms with Gasteiger partial charge in [0, 0.05) is 17.5 Å². The molecule has 0 amide bonds. The Morgan fingerprint density at radius 1 is 1.62 bits per heavy atom. The van der Waals surface area contributed by atoms with Gasteiger partial charge in [0.25, 0.3) is 0 Å². The second kappa shape index (κ2) is 4.44. The summed E-state index contributed by atoms with van der Waals surface area (Å²) in [5.41, 5.74) is 5.51. The zero-order valence-electron chi connectivity index (χ0n) is 9.14. The highest BCUT2D eigenvalue weighted by atomic mass is 32.2. The zero-order chi connectivity index (χ0) is 11.8. The number of sulfonamides is 1. The molecule has 1 saturated carbocycles. The lowest BCUT2D eigenvalue weighted by molar-refractivity contribution is 0.575. The van der Waals surface area contributed by atoms with E-state index in [2.05, 4.69) is 11.6 Å². The van der Waals surface area contributed by atoms with E-state index in [1.54, 1.807) is 11.4 Å². The van der Waals surface area contributed by atoms with E-state index in [1.807, 2.05) is 0 Å². The van der Waals surface area contributed by atoms with Crippen molar-refractivity contribution in [1.82, 2.24) is 4.72 Å². The predicted molar refractivity (Wildman–Crippen MR) is 64.7 cm³/mol. The number of rotatable bonds is 5. The third-order valence-electron chi connectivity index (χ3n) is 2.93. The van der Waals surface area contributed by atoms with Gasteiger partial charge in [-0.1, -0.05) is 13.3 Å². The minimum atomic E-state index is -3.36. The largest absolute Gasteiger partial charge is 0.326 e. The Morgan fingerprint density at radius 2 is 2.38 bits per heavy atom. The first-order chi connectivity index (χ1) is 7.58. The van der Waals surface area contributed by atoms with Crippen LogP contribution in [0.15, 0.2) is 16.3 Å². The average Bonchev–Trinajstić information content (AvgIpc) is 2.80. The van der Waals surface area contributed by atoms with Gasteiger partial charge in [-0.2, -0.15) is 0 Å². The van der Waals surface area contributed by atoms with E-state index >= 15 is 0 Å². The van der Waals surface area contributed by atoms with E-state index in [1.165, 1.54) is 11.3 Å². The summed E-state index contributed by atoms with van der Waals surface area (Å²) in [6.07, 6.45) is 1.98. The Balaban J connectivity index is 2.14. The molecule has 16 heavy (non-hydrogen) atoms. The summed E-state index contributed by atoms with van der Waals surface area (Å²) in [6.45, 7) is 2.35. The molecular weight excluding hydrogens is 244 g/mol. The van der Waals surface area contributed by atoms with Gasteiger partial charge in [-0.25, -0.2) is 13.1 Å². The van der Waals surface area contributed by atoms with Crippen LogP contribution in [0.25, 0.3) is 0 Å². The Hall–Kier alpha value is -0.430. The summed E-state index contributed by atoms with van der Waals surface area (Å²) < 4.78 is 26.8. The van der Waals surface area contributed by atoms with Gasteiger partial charge < -0.3 is 5.73 Å². The summed E-state index contributed by atoms with van der Waals surface area (Å²) in [4.78, 5) is 1.07. The van der Waals surface area contributed by atoms with Crippen LogP contribution < -0.4 is 10.5 Å². The lowest BCUT2D eigenvalue weighted by Crippen LogP contribution is -2.27. The Labute approximate surface area is 99.9 Å². The summed E-state index contributed by atoms with van der Waals surface area (Å²) in [7, 11) is -3.36. The molecule has 0 saturated heterocycles. The molecule has 4 nitrogen and oxygen atoms in total. The minimum absolute atomic E-state index is 0.125. The smallest absolute Gasteiger partial charge is 0.241 e. The van der Waals surface area contributed by atoms with E-state index in [9.17, 15) is 8.42 Å². The lowest BCUT2D eigenvalue weighted by atomic mass is 10.3. The van der Waals surface area contributed by atoms with Gasteiger partial charge in [0.15, 0.2) is 0 Å². The fourth-order valence-corrected chi connectivity index (χ4v) is 4.48. The molecule has 0 aromatic carbocycles. The third-order valence-corrected chi connectivity index (χ3v) is 5.58. The van der Waals surface area contributed by atoms with Crippen molar-refractivity contribution >= 4 is 21.4 Å². The molecule has 1 heterocycles. The van der Waals surface area contributed by atoms with Crippen molar-refractivity contribution in [2.45, 2.75) is 37.2 Å². The number of nitrogens with two attached hydrogens (primary N) is 1. The van der Waals surface area contributed by atoms with Gasteiger partial charge in [0.1, 0.15) is 0 Å². The quantitative estimate of drug-likeness (QED) is 0.837. The number of hydrogen-bond donors (Lipinski definition) is 2. The maximum atomic E-state index is 12.0. The van der Waals surface area contributed by atoms with Gasteiger partial charge in [-0.05, 0) is 23.8 Å². The molecule has 0 bridgehead atoms. The number of nitrogens with one attached hydrogen (secondary N) is 1. The minimum Gasteiger partial charge on any atom is -0.326 e. The zero-order valence-corrected chi connectivity index (χ0v) is 10.8. The highest BCUT2D eigenvalue weighted by Crippen LogP contribution is 2.35. The van der Waals surface area contributed by atoms with Crippen LogP contribution in [-0.2, 0) is 16.6 Å². The Morgan fingerprint density at radius 3 is 2.94 bits per heavy atom. The van der Waals surface area contributed by atoms with Crippen molar-refractivity contribution in [1.29, 1.82) is 0 Å². The summed E-state index contributed by atoms with van der Waals surface area (Å²) in [5, 5.41) is 1.76. The number of thiophene rings is 1. The van der Waals surface area contributed by atoms with Crippen LogP contribution in [0.3, 0.4) is 0 Å². The molecule has 2 rings (SSSR count). The normalized spacial score (nSPS) is 24.6. The van der Waals surface area contributed by atoms with E-state index in [4.69, 9.17) is 5.73 Å². The molecule has 3 N–H and O–H groups in total. The van der Waals surface area contributed by atoms with Crippen LogP contribution in [-0.4, -0.2) is 14.5 Å².